The summed E-state index contributed by atoms with van der Waals surface area (Å²) in [7, 11) is 0. The monoisotopic (exact) mass is 736 g/mol. The van der Waals surface area contributed by atoms with E-state index in [1.807, 2.05) is 17.4 Å². The number of aromatic nitrogens is 1. The van der Waals surface area contributed by atoms with Gasteiger partial charge in [0.05, 0.1) is 16.7 Å². The van der Waals surface area contributed by atoms with Crippen molar-refractivity contribution in [2.24, 2.45) is 0 Å². The molecule has 0 fully saturated rings. The highest BCUT2D eigenvalue weighted by Crippen LogP contribution is 2.44. The second-order valence-electron chi connectivity index (χ2n) is 14.4. The van der Waals surface area contributed by atoms with E-state index in [0.717, 1.165) is 29.9 Å². The molecule has 2 nitrogen and oxygen atoms in total. The van der Waals surface area contributed by atoms with Gasteiger partial charge < -0.3 is 9.47 Å². The third kappa shape index (κ3) is 5.71. The molecular formula is C53H40N2S. The lowest BCUT2D eigenvalue weighted by Crippen LogP contribution is -2.10. The quantitative estimate of drug-likeness (QED) is 0.151. The van der Waals surface area contributed by atoms with Crippen molar-refractivity contribution in [2.75, 3.05) is 4.90 Å². The maximum atomic E-state index is 4.13. The number of rotatable bonds is 8. The van der Waals surface area contributed by atoms with Crippen LogP contribution >= 0.6 is 11.3 Å². The molecule has 0 unspecified atom stereocenters. The molecule has 0 saturated carbocycles. The van der Waals surface area contributed by atoms with Gasteiger partial charge in [-0.05, 0) is 119 Å². The van der Waals surface area contributed by atoms with Crippen molar-refractivity contribution >= 4 is 78.7 Å². The van der Waals surface area contributed by atoms with Crippen LogP contribution in [0.15, 0.2) is 183 Å². The summed E-state index contributed by atoms with van der Waals surface area (Å²) in [5, 5.41) is 4.95. The van der Waals surface area contributed by atoms with Crippen LogP contribution in [0.4, 0.5) is 17.1 Å². The van der Waals surface area contributed by atoms with Crippen LogP contribution in [0.25, 0.3) is 67.1 Å². The first kappa shape index (κ1) is 33.9. The van der Waals surface area contributed by atoms with Gasteiger partial charge in [0, 0.05) is 43.0 Å². The van der Waals surface area contributed by atoms with Crippen LogP contribution in [-0.2, 0) is 6.42 Å². The number of anilines is 3. The summed E-state index contributed by atoms with van der Waals surface area (Å²) in [5.41, 5.74) is 14.7. The zero-order valence-corrected chi connectivity index (χ0v) is 32.1. The van der Waals surface area contributed by atoms with Gasteiger partial charge >= 0.3 is 0 Å². The van der Waals surface area contributed by atoms with E-state index in [1.165, 1.54) is 81.4 Å². The molecular weight excluding hydrogens is 697 g/mol. The number of hydrogen-bond acceptors (Lipinski definition) is 2. The molecule has 3 heteroatoms. The Morgan fingerprint density at radius 1 is 0.625 bits per heavy atom. The lowest BCUT2D eigenvalue weighted by molar-refractivity contribution is 0.985. The maximum absolute atomic E-state index is 4.13. The van der Waals surface area contributed by atoms with Gasteiger partial charge in [-0.15, -0.1) is 11.3 Å². The summed E-state index contributed by atoms with van der Waals surface area (Å²) in [5.74, 6) is 0. The normalized spacial score (nSPS) is 12.7. The summed E-state index contributed by atoms with van der Waals surface area (Å²) in [6, 6.07) is 59.8. The molecule has 0 amide bonds. The van der Waals surface area contributed by atoms with E-state index in [2.05, 4.69) is 205 Å². The Labute approximate surface area is 332 Å². The molecule has 7 aromatic carbocycles. The molecule has 0 aliphatic heterocycles. The van der Waals surface area contributed by atoms with Crippen LogP contribution < -0.4 is 4.90 Å². The molecule has 0 saturated heterocycles. The second kappa shape index (κ2) is 14.2. The van der Waals surface area contributed by atoms with Gasteiger partial charge in [0.25, 0.3) is 0 Å². The first-order valence-corrected chi connectivity index (χ1v) is 20.2. The van der Waals surface area contributed by atoms with Crippen molar-refractivity contribution in [3.8, 4) is 16.8 Å². The van der Waals surface area contributed by atoms with Crippen LogP contribution in [0, 0.1) is 0 Å². The van der Waals surface area contributed by atoms with E-state index < -0.39 is 0 Å². The fourth-order valence-electron chi connectivity index (χ4n) is 8.60. The van der Waals surface area contributed by atoms with Crippen LogP contribution in [-0.4, -0.2) is 4.57 Å². The molecule has 2 aromatic heterocycles. The third-order valence-corrected chi connectivity index (χ3v) is 12.4. The number of para-hydroxylation sites is 2. The van der Waals surface area contributed by atoms with Crippen LogP contribution in [0.1, 0.15) is 39.8 Å². The van der Waals surface area contributed by atoms with Gasteiger partial charge in [-0.25, -0.2) is 0 Å². The molecule has 0 radical (unpaired) electrons. The summed E-state index contributed by atoms with van der Waals surface area (Å²) in [6.07, 6.45) is 10.9. The average Bonchev–Trinajstić information content (AvgIpc) is 3.80. The SMILES string of the molecule is C=Cc1sc2c(c1/C=C\C)CCC=C2c1ccc(N(c2ccc(-c3ccc4c(c3)c3ccccc3n4-c3ccccc3)cc2)c2cccc3ccccc23)cc1. The van der Waals surface area contributed by atoms with E-state index >= 15 is 0 Å². The molecule has 0 N–H and O–H groups in total. The highest BCUT2D eigenvalue weighted by atomic mass is 32.1. The molecule has 1 aliphatic rings. The number of allylic oxidation sites excluding steroid dienone is 2. The summed E-state index contributed by atoms with van der Waals surface area (Å²) in [6.45, 7) is 6.23. The van der Waals surface area contributed by atoms with Crippen molar-refractivity contribution in [1.82, 2.24) is 4.57 Å². The van der Waals surface area contributed by atoms with E-state index in [-0.39, 0.29) is 0 Å². The van der Waals surface area contributed by atoms with Gasteiger partial charge in [0.15, 0.2) is 0 Å². The third-order valence-electron chi connectivity index (χ3n) is 11.2. The summed E-state index contributed by atoms with van der Waals surface area (Å²) in [4.78, 5) is 5.02. The minimum Gasteiger partial charge on any atom is -0.310 e. The zero-order chi connectivity index (χ0) is 37.6. The minimum absolute atomic E-state index is 1.04. The molecule has 56 heavy (non-hydrogen) atoms. The Morgan fingerprint density at radius 2 is 1.29 bits per heavy atom. The van der Waals surface area contributed by atoms with Gasteiger partial charge in [0.1, 0.15) is 0 Å². The summed E-state index contributed by atoms with van der Waals surface area (Å²) < 4.78 is 2.37. The number of fused-ring (bicyclic) bond motifs is 5. The predicted octanol–water partition coefficient (Wildman–Crippen LogP) is 15.2. The van der Waals surface area contributed by atoms with Crippen LogP contribution in [0.5, 0.6) is 0 Å². The largest absolute Gasteiger partial charge is 0.310 e. The zero-order valence-electron chi connectivity index (χ0n) is 31.3. The molecule has 0 bridgehead atoms. The first-order chi connectivity index (χ1) is 27.7. The fraction of sp³-hybridized carbons (Fsp3) is 0.0566. The van der Waals surface area contributed by atoms with Crippen molar-refractivity contribution in [1.29, 1.82) is 0 Å². The van der Waals surface area contributed by atoms with Gasteiger partial charge in [-0.1, -0.05) is 134 Å². The summed E-state index contributed by atoms with van der Waals surface area (Å²) >= 11 is 1.86. The van der Waals surface area contributed by atoms with Crippen molar-refractivity contribution < 1.29 is 0 Å². The topological polar surface area (TPSA) is 8.17 Å². The lowest BCUT2D eigenvalue weighted by atomic mass is 9.90. The highest BCUT2D eigenvalue weighted by molar-refractivity contribution is 7.14. The van der Waals surface area contributed by atoms with E-state index in [0.29, 0.717) is 0 Å². The van der Waals surface area contributed by atoms with Gasteiger partial charge in [-0.2, -0.15) is 0 Å². The van der Waals surface area contributed by atoms with E-state index in [9.17, 15) is 0 Å². The van der Waals surface area contributed by atoms with Crippen molar-refractivity contribution in [3.63, 3.8) is 0 Å². The molecule has 9 aromatic rings. The molecule has 0 spiro atoms. The standard InChI is InChI=1S/C53H40N2S/c1-3-14-46-47-22-13-21-44(53(47)56-52(46)4-2)38-27-32-42(33-28-38)54(49-24-12-16-37-15-8-9-19-43(37)49)41-30-25-36(26-31-41)39-29-34-51-48(35-39)45-20-10-11-23-50(45)55(51)40-17-6-5-7-18-40/h3-12,14-21,23-35H,2,13,22H2,1H3/b14-3-. The Bertz CT molecular complexity index is 2970. The number of nitrogens with zero attached hydrogens (tertiary/aromatic N) is 2. The fourth-order valence-corrected chi connectivity index (χ4v) is 9.85. The first-order valence-electron chi connectivity index (χ1n) is 19.4. The average molecular weight is 737 g/mol. The molecule has 0 atom stereocenters. The number of benzene rings is 7. The Balaban J connectivity index is 1.05. The van der Waals surface area contributed by atoms with E-state index in [4.69, 9.17) is 0 Å². The van der Waals surface area contributed by atoms with Crippen LogP contribution in [0.3, 0.4) is 0 Å². The van der Waals surface area contributed by atoms with Crippen LogP contribution in [0.2, 0.25) is 0 Å². The Kier molecular flexibility index (Phi) is 8.58. The second-order valence-corrected chi connectivity index (χ2v) is 15.4. The lowest BCUT2D eigenvalue weighted by Gasteiger charge is -2.27. The molecule has 2 heterocycles. The van der Waals surface area contributed by atoms with Gasteiger partial charge in [0.2, 0.25) is 0 Å². The van der Waals surface area contributed by atoms with Crippen molar-refractivity contribution in [3.05, 3.63) is 209 Å². The van der Waals surface area contributed by atoms with E-state index in [1.54, 1.807) is 0 Å². The highest BCUT2D eigenvalue weighted by Gasteiger charge is 2.23. The van der Waals surface area contributed by atoms with Crippen molar-refractivity contribution in [2.45, 2.75) is 19.8 Å². The maximum Gasteiger partial charge on any atom is 0.0541 e. The number of hydrogen-bond donors (Lipinski definition) is 0. The Morgan fingerprint density at radius 3 is 2.05 bits per heavy atom. The molecule has 10 rings (SSSR count). The Hall–Kier alpha value is -6.68. The number of thiophene rings is 1. The predicted molar refractivity (Wildman–Crippen MR) is 243 cm³/mol. The molecule has 268 valence electrons. The molecule has 1 aliphatic carbocycles. The van der Waals surface area contributed by atoms with Gasteiger partial charge in [-0.3, -0.25) is 0 Å². The smallest absolute Gasteiger partial charge is 0.0541 e. The minimum atomic E-state index is 1.04.